The van der Waals surface area contributed by atoms with E-state index in [9.17, 15) is 14.7 Å². The van der Waals surface area contributed by atoms with Crippen molar-refractivity contribution >= 4 is 29.4 Å². The molecule has 1 spiro atoms. The predicted octanol–water partition coefficient (Wildman–Crippen LogP) is 4.02. The van der Waals surface area contributed by atoms with Crippen molar-refractivity contribution < 1.29 is 19.4 Å². The predicted molar refractivity (Wildman–Crippen MR) is 136 cm³/mol. The Kier molecular flexibility index (Phi) is 4.87. The van der Waals surface area contributed by atoms with Crippen molar-refractivity contribution in [2.75, 3.05) is 13.1 Å². The van der Waals surface area contributed by atoms with Crippen LogP contribution < -0.4 is 10.1 Å². The molecule has 2 aromatic rings. The number of nitrogens with one attached hydrogen (secondary N) is 1. The van der Waals surface area contributed by atoms with Crippen LogP contribution in [-0.4, -0.2) is 52.5 Å². The number of aromatic hydroxyl groups is 1. The fraction of sp³-hybridized carbons (Fsp3) is 0.448. The Morgan fingerprint density at radius 2 is 2.00 bits per heavy atom. The van der Waals surface area contributed by atoms with Crippen LogP contribution in [-0.2, 0) is 21.4 Å². The number of phenolic OH excluding ortho intramolecular Hbond substituents is 1. The van der Waals surface area contributed by atoms with Gasteiger partial charge in [-0.05, 0) is 80.0 Å². The van der Waals surface area contributed by atoms with Gasteiger partial charge in [0.2, 0.25) is 5.91 Å². The van der Waals surface area contributed by atoms with Crippen molar-refractivity contribution in [2.24, 2.45) is 5.92 Å². The van der Waals surface area contributed by atoms with E-state index in [0.29, 0.717) is 29.5 Å². The quantitative estimate of drug-likeness (QED) is 0.601. The van der Waals surface area contributed by atoms with Crippen molar-refractivity contribution in [3.05, 3.63) is 64.2 Å². The number of halogens is 1. The number of amides is 1. The number of hydrogen-bond acceptors (Lipinski definition) is 5. The van der Waals surface area contributed by atoms with Gasteiger partial charge in [0.1, 0.15) is 0 Å². The zero-order valence-corrected chi connectivity index (χ0v) is 20.8. The number of piperidine rings is 1. The fourth-order valence-corrected chi connectivity index (χ4v) is 7.70. The Labute approximate surface area is 215 Å². The Morgan fingerprint density at radius 1 is 1.19 bits per heavy atom. The maximum absolute atomic E-state index is 13.5. The maximum atomic E-state index is 13.5. The number of carbonyl (C=O) groups is 2. The highest BCUT2D eigenvalue weighted by Gasteiger charge is 2.73. The molecule has 7 heteroatoms. The lowest BCUT2D eigenvalue weighted by molar-refractivity contribution is -0.148. The van der Waals surface area contributed by atoms with Crippen molar-refractivity contribution in [1.29, 1.82) is 0 Å². The number of carbonyl (C=O) groups excluding carboxylic acids is 2. The molecule has 2 saturated carbocycles. The summed E-state index contributed by atoms with van der Waals surface area (Å²) in [7, 11) is 0. The molecule has 2 aliphatic heterocycles. The van der Waals surface area contributed by atoms with Crippen LogP contribution in [0.15, 0.2) is 42.5 Å². The first-order valence-electron chi connectivity index (χ1n) is 13.0. The Morgan fingerprint density at radius 3 is 2.78 bits per heavy atom. The molecule has 2 N–H and O–H groups in total. The third kappa shape index (κ3) is 3.07. The Bertz CT molecular complexity index is 1300. The minimum atomic E-state index is -0.681. The van der Waals surface area contributed by atoms with E-state index in [-0.39, 0.29) is 23.5 Å². The highest BCUT2D eigenvalue weighted by molar-refractivity contribution is 6.30. The van der Waals surface area contributed by atoms with Gasteiger partial charge >= 0.3 is 0 Å². The minimum Gasteiger partial charge on any atom is -0.504 e. The van der Waals surface area contributed by atoms with Crippen LogP contribution in [0, 0.1) is 5.92 Å². The topological polar surface area (TPSA) is 78.9 Å². The molecule has 186 valence electrons. The number of hydrogen-bond donors (Lipinski definition) is 2. The zero-order valence-electron chi connectivity index (χ0n) is 20.0. The van der Waals surface area contributed by atoms with E-state index in [2.05, 4.69) is 10.2 Å². The number of rotatable bonds is 5. The third-order valence-electron chi connectivity index (χ3n) is 9.26. The molecule has 1 amide bonds. The van der Waals surface area contributed by atoms with Crippen molar-refractivity contribution in [3.63, 3.8) is 0 Å². The number of ketones is 1. The molecule has 4 atom stereocenters. The van der Waals surface area contributed by atoms with Gasteiger partial charge in [0.05, 0.1) is 11.0 Å². The second-order valence-electron chi connectivity index (χ2n) is 11.1. The molecule has 0 unspecified atom stereocenters. The second-order valence-corrected chi connectivity index (χ2v) is 11.6. The lowest BCUT2D eigenvalue weighted by Gasteiger charge is -2.65. The largest absolute Gasteiger partial charge is 0.504 e. The van der Waals surface area contributed by atoms with Crippen molar-refractivity contribution in [2.45, 2.75) is 61.6 Å². The molecule has 3 fully saturated rings. The van der Waals surface area contributed by atoms with Crippen LogP contribution in [0.4, 0.5) is 0 Å². The van der Waals surface area contributed by atoms with Crippen molar-refractivity contribution in [3.8, 4) is 11.5 Å². The molecule has 0 radical (unpaired) electrons. The van der Waals surface area contributed by atoms with Crippen LogP contribution >= 0.6 is 11.6 Å². The summed E-state index contributed by atoms with van der Waals surface area (Å²) in [4.78, 5) is 29.4. The van der Waals surface area contributed by atoms with Crippen molar-refractivity contribution in [1.82, 2.24) is 10.2 Å². The SMILES string of the molecule is O=C(/C=C/c1ccc(Cl)cc1)N[C@@]12CCC(=O)[C@@H]3Oc4c(O)ccc5c4[C@@]31CCN(CC1CC1)[C@H]2C5. The van der Waals surface area contributed by atoms with E-state index in [1.165, 1.54) is 12.8 Å². The van der Waals surface area contributed by atoms with Gasteiger partial charge in [-0.15, -0.1) is 0 Å². The molecule has 5 aliphatic rings. The average Bonchev–Trinajstić information content (AvgIpc) is 3.61. The van der Waals surface area contributed by atoms with E-state index in [4.69, 9.17) is 16.3 Å². The van der Waals surface area contributed by atoms with Gasteiger partial charge in [-0.25, -0.2) is 0 Å². The Balaban J connectivity index is 1.33. The first-order valence-corrected chi connectivity index (χ1v) is 13.3. The van der Waals surface area contributed by atoms with Gasteiger partial charge in [0.15, 0.2) is 23.4 Å². The summed E-state index contributed by atoms with van der Waals surface area (Å²) in [6, 6.07) is 11.1. The van der Waals surface area contributed by atoms with Gasteiger partial charge in [-0.3, -0.25) is 14.5 Å². The summed E-state index contributed by atoms with van der Waals surface area (Å²) < 4.78 is 6.30. The smallest absolute Gasteiger partial charge is 0.244 e. The van der Waals surface area contributed by atoms with Gasteiger partial charge in [0.25, 0.3) is 0 Å². The third-order valence-corrected chi connectivity index (χ3v) is 9.51. The fourth-order valence-electron chi connectivity index (χ4n) is 7.57. The van der Waals surface area contributed by atoms with Gasteiger partial charge in [-0.2, -0.15) is 0 Å². The molecular weight excluding hydrogens is 476 g/mol. The molecule has 2 aromatic carbocycles. The molecule has 36 heavy (non-hydrogen) atoms. The van der Waals surface area contributed by atoms with E-state index in [1.54, 1.807) is 30.4 Å². The van der Waals surface area contributed by atoms with Gasteiger partial charge in [-0.1, -0.05) is 29.8 Å². The molecular formula is C29H29ClN2O4. The first-order chi connectivity index (χ1) is 17.4. The number of Topliss-reactive ketones (excluding diaryl/α,β-unsaturated/α-hetero) is 1. The van der Waals surface area contributed by atoms with Crippen LogP contribution in [0.3, 0.4) is 0 Å². The maximum Gasteiger partial charge on any atom is 0.244 e. The van der Waals surface area contributed by atoms with E-state index >= 15 is 0 Å². The standard InChI is InChI=1S/C29H29ClN2O4/c30-20-7-3-17(4-8-20)5-10-24(35)31-29-12-11-22(34)27-28(29)13-14-32(16-18-1-2-18)23(29)15-19-6-9-21(33)26(36-27)25(19)28/h3-10,18,23,27,33H,1-2,11-16H2,(H,31,35)/b10-5+/t23-,27-,28-,29+/m0/s1. The Hall–Kier alpha value is -2.83. The number of nitrogens with zero attached hydrogens (tertiary/aromatic N) is 1. The molecule has 1 saturated heterocycles. The highest BCUT2D eigenvalue weighted by Crippen LogP contribution is 2.65. The molecule has 0 aromatic heterocycles. The van der Waals surface area contributed by atoms with Gasteiger partial charge in [0, 0.05) is 35.7 Å². The van der Waals surface area contributed by atoms with Crippen LogP contribution in [0.5, 0.6) is 11.5 Å². The van der Waals surface area contributed by atoms with E-state index in [0.717, 1.165) is 42.6 Å². The molecule has 2 bridgehead atoms. The number of benzene rings is 2. The average molecular weight is 505 g/mol. The van der Waals surface area contributed by atoms with Crippen LogP contribution in [0.2, 0.25) is 5.02 Å². The molecule has 7 rings (SSSR count). The first kappa shape index (κ1) is 22.4. The zero-order chi connectivity index (χ0) is 24.7. The summed E-state index contributed by atoms with van der Waals surface area (Å²) in [5.74, 6) is 1.13. The number of ether oxygens (including phenoxy) is 1. The number of likely N-dealkylation sites (tertiary alicyclic amines) is 1. The summed E-state index contributed by atoms with van der Waals surface area (Å²) in [5.41, 5.74) is 1.66. The van der Waals surface area contributed by atoms with Crippen LogP contribution in [0.1, 0.15) is 48.8 Å². The molecule has 2 heterocycles. The van der Waals surface area contributed by atoms with Gasteiger partial charge < -0.3 is 15.2 Å². The normalized spacial score (nSPS) is 32.3. The minimum absolute atomic E-state index is 0.0643. The van der Waals surface area contributed by atoms with Crippen LogP contribution in [0.25, 0.3) is 6.08 Å². The summed E-state index contributed by atoms with van der Waals surface area (Å²) in [5, 5.41) is 14.8. The summed E-state index contributed by atoms with van der Waals surface area (Å²) >= 11 is 6.00. The molecule has 6 nitrogen and oxygen atoms in total. The summed E-state index contributed by atoms with van der Waals surface area (Å²) in [6.07, 6.45) is 7.63. The monoisotopic (exact) mass is 504 g/mol. The molecule has 3 aliphatic carbocycles. The highest BCUT2D eigenvalue weighted by atomic mass is 35.5. The lowest BCUT2D eigenvalue weighted by atomic mass is 9.47. The lowest BCUT2D eigenvalue weighted by Crippen LogP contribution is -2.81. The van der Waals surface area contributed by atoms with E-state index in [1.807, 2.05) is 18.2 Å². The van der Waals surface area contributed by atoms with E-state index < -0.39 is 17.1 Å². The number of phenols is 1. The summed E-state index contributed by atoms with van der Waals surface area (Å²) in [6.45, 7) is 1.89. The second kappa shape index (κ2) is 7.83.